The number of ether oxygens (including phenoxy) is 2. The molecule has 0 unspecified atom stereocenters. The number of aryl methyl sites for hydroxylation is 1. The van der Waals surface area contributed by atoms with Crippen molar-refractivity contribution in [3.05, 3.63) is 95.1 Å². The van der Waals surface area contributed by atoms with E-state index in [1.807, 2.05) is 43.3 Å². The van der Waals surface area contributed by atoms with Crippen LogP contribution in [0.15, 0.2) is 72.8 Å². The number of carbonyl (C=O) groups excluding carboxylic acids is 3. The number of esters is 1. The molecule has 0 N–H and O–H groups in total. The SMILES string of the molecule is COc1ccc(N2CCN(C(=O)COC(=O)c3ccccc3C(=O)c3ccc(C)cc3)CC2)cc1. The Kier molecular flexibility index (Phi) is 7.45. The van der Waals surface area contributed by atoms with Gasteiger partial charge in [0, 0.05) is 43.0 Å². The van der Waals surface area contributed by atoms with E-state index in [0.29, 0.717) is 31.7 Å². The number of anilines is 1. The molecular formula is C28H28N2O5. The first-order valence-electron chi connectivity index (χ1n) is 11.5. The highest BCUT2D eigenvalue weighted by molar-refractivity contribution is 6.14. The lowest BCUT2D eigenvalue weighted by atomic mass is 9.98. The number of rotatable bonds is 7. The van der Waals surface area contributed by atoms with E-state index in [1.54, 1.807) is 48.4 Å². The predicted molar refractivity (Wildman–Crippen MR) is 133 cm³/mol. The maximum atomic E-state index is 13.0. The van der Waals surface area contributed by atoms with Gasteiger partial charge in [0.05, 0.1) is 12.7 Å². The molecule has 0 spiro atoms. The highest BCUT2D eigenvalue weighted by atomic mass is 16.5. The smallest absolute Gasteiger partial charge is 0.339 e. The van der Waals surface area contributed by atoms with Gasteiger partial charge in [0.15, 0.2) is 12.4 Å². The van der Waals surface area contributed by atoms with Crippen molar-refractivity contribution >= 4 is 23.3 Å². The Morgan fingerprint density at radius 1 is 0.800 bits per heavy atom. The summed E-state index contributed by atoms with van der Waals surface area (Å²) in [6.07, 6.45) is 0. The van der Waals surface area contributed by atoms with E-state index >= 15 is 0 Å². The van der Waals surface area contributed by atoms with Crippen molar-refractivity contribution in [1.29, 1.82) is 0 Å². The van der Waals surface area contributed by atoms with Gasteiger partial charge in [-0.25, -0.2) is 4.79 Å². The Bertz CT molecular complexity index is 1200. The van der Waals surface area contributed by atoms with Gasteiger partial charge in [-0.05, 0) is 37.3 Å². The van der Waals surface area contributed by atoms with Gasteiger partial charge >= 0.3 is 5.97 Å². The van der Waals surface area contributed by atoms with Gasteiger partial charge in [0.1, 0.15) is 5.75 Å². The number of hydrogen-bond donors (Lipinski definition) is 0. The van der Waals surface area contributed by atoms with Crippen LogP contribution in [0.1, 0.15) is 31.8 Å². The number of benzene rings is 3. The molecular weight excluding hydrogens is 444 g/mol. The van der Waals surface area contributed by atoms with Crippen molar-refractivity contribution in [3.63, 3.8) is 0 Å². The number of amides is 1. The van der Waals surface area contributed by atoms with Gasteiger partial charge in [-0.2, -0.15) is 0 Å². The fourth-order valence-corrected chi connectivity index (χ4v) is 4.02. The largest absolute Gasteiger partial charge is 0.497 e. The number of piperazine rings is 1. The van der Waals surface area contributed by atoms with Crippen LogP contribution in [0.4, 0.5) is 5.69 Å². The van der Waals surface area contributed by atoms with Gasteiger partial charge < -0.3 is 19.3 Å². The molecule has 7 nitrogen and oxygen atoms in total. The molecule has 0 aliphatic carbocycles. The lowest BCUT2D eigenvalue weighted by molar-refractivity contribution is -0.134. The Morgan fingerprint density at radius 3 is 2.06 bits per heavy atom. The topological polar surface area (TPSA) is 76.2 Å². The third-order valence-corrected chi connectivity index (χ3v) is 6.10. The Labute approximate surface area is 204 Å². The molecule has 1 amide bonds. The number of carbonyl (C=O) groups is 3. The predicted octanol–water partition coefficient (Wildman–Crippen LogP) is 3.74. The van der Waals surface area contributed by atoms with Crippen LogP contribution < -0.4 is 9.64 Å². The van der Waals surface area contributed by atoms with Crippen LogP contribution in [0.5, 0.6) is 5.75 Å². The molecule has 0 radical (unpaired) electrons. The molecule has 35 heavy (non-hydrogen) atoms. The standard InChI is InChI=1S/C28H28N2O5/c1-20-7-9-21(10-8-20)27(32)24-5-3-4-6-25(24)28(33)35-19-26(31)30-17-15-29(16-18-30)22-11-13-23(34-2)14-12-22/h3-14H,15-19H2,1-2H3. The lowest BCUT2D eigenvalue weighted by Gasteiger charge is -2.36. The first kappa shape index (κ1) is 24.0. The average Bonchev–Trinajstić information content (AvgIpc) is 2.91. The van der Waals surface area contributed by atoms with Gasteiger partial charge in [0.2, 0.25) is 0 Å². The normalized spacial score (nSPS) is 13.3. The molecule has 4 rings (SSSR count). The number of ketones is 1. The molecule has 0 bridgehead atoms. The monoisotopic (exact) mass is 472 g/mol. The quantitative estimate of drug-likeness (QED) is 0.385. The zero-order valence-corrected chi connectivity index (χ0v) is 19.9. The van der Waals surface area contributed by atoms with E-state index in [2.05, 4.69) is 4.90 Å². The third-order valence-electron chi connectivity index (χ3n) is 6.10. The Balaban J connectivity index is 1.33. The summed E-state index contributed by atoms with van der Waals surface area (Å²) in [7, 11) is 1.63. The van der Waals surface area contributed by atoms with Crippen LogP contribution in [0.2, 0.25) is 0 Å². The zero-order valence-electron chi connectivity index (χ0n) is 19.9. The summed E-state index contributed by atoms with van der Waals surface area (Å²) < 4.78 is 10.5. The van der Waals surface area contributed by atoms with E-state index in [9.17, 15) is 14.4 Å². The maximum Gasteiger partial charge on any atom is 0.339 e. The molecule has 0 atom stereocenters. The second-order valence-electron chi connectivity index (χ2n) is 8.38. The summed E-state index contributed by atoms with van der Waals surface area (Å²) in [4.78, 5) is 42.3. The van der Waals surface area contributed by atoms with Gasteiger partial charge in [-0.15, -0.1) is 0 Å². The lowest BCUT2D eigenvalue weighted by Crippen LogP contribution is -2.49. The van der Waals surface area contributed by atoms with Crippen LogP contribution in [0.25, 0.3) is 0 Å². The van der Waals surface area contributed by atoms with Gasteiger partial charge in [-0.1, -0.05) is 48.0 Å². The molecule has 1 saturated heterocycles. The van der Waals surface area contributed by atoms with Gasteiger partial charge in [-0.3, -0.25) is 9.59 Å². The summed E-state index contributed by atoms with van der Waals surface area (Å²) >= 11 is 0. The van der Waals surface area contributed by atoms with Crippen LogP contribution in [0, 0.1) is 6.92 Å². The second kappa shape index (κ2) is 10.9. The summed E-state index contributed by atoms with van der Waals surface area (Å²) in [5.41, 5.74) is 3.00. The molecule has 1 heterocycles. The molecule has 0 saturated carbocycles. The van der Waals surface area contributed by atoms with Crippen molar-refractivity contribution < 1.29 is 23.9 Å². The minimum absolute atomic E-state index is 0.148. The van der Waals surface area contributed by atoms with Crippen LogP contribution >= 0.6 is 0 Å². The van der Waals surface area contributed by atoms with Gasteiger partial charge in [0.25, 0.3) is 5.91 Å². The highest BCUT2D eigenvalue weighted by Crippen LogP contribution is 2.21. The number of hydrogen-bond acceptors (Lipinski definition) is 6. The number of methoxy groups -OCH3 is 1. The fourth-order valence-electron chi connectivity index (χ4n) is 4.02. The first-order chi connectivity index (χ1) is 17.0. The van der Waals surface area contributed by atoms with Crippen molar-refractivity contribution in [2.45, 2.75) is 6.92 Å². The van der Waals surface area contributed by atoms with Crippen LogP contribution in [-0.2, 0) is 9.53 Å². The first-order valence-corrected chi connectivity index (χ1v) is 11.5. The minimum atomic E-state index is -0.689. The van der Waals surface area contributed by atoms with Crippen molar-refractivity contribution in [3.8, 4) is 5.75 Å². The zero-order chi connectivity index (χ0) is 24.8. The van der Waals surface area contributed by atoms with E-state index < -0.39 is 5.97 Å². The van der Waals surface area contributed by atoms with E-state index in [1.165, 1.54) is 0 Å². The summed E-state index contributed by atoms with van der Waals surface area (Å²) in [6.45, 7) is 4.00. The van der Waals surface area contributed by atoms with Crippen LogP contribution in [0.3, 0.4) is 0 Å². The Hall–Kier alpha value is -4.13. The average molecular weight is 473 g/mol. The van der Waals surface area contributed by atoms with E-state index in [4.69, 9.17) is 9.47 Å². The molecule has 3 aromatic rings. The van der Waals surface area contributed by atoms with E-state index in [0.717, 1.165) is 17.0 Å². The second-order valence-corrected chi connectivity index (χ2v) is 8.38. The molecule has 3 aromatic carbocycles. The molecule has 1 fully saturated rings. The minimum Gasteiger partial charge on any atom is -0.497 e. The maximum absolute atomic E-state index is 13.0. The van der Waals surface area contributed by atoms with Crippen LogP contribution in [-0.4, -0.2) is 62.5 Å². The molecule has 1 aliphatic heterocycles. The van der Waals surface area contributed by atoms with Crippen molar-refractivity contribution in [1.82, 2.24) is 4.90 Å². The molecule has 1 aliphatic rings. The summed E-state index contributed by atoms with van der Waals surface area (Å²) in [5, 5.41) is 0. The van der Waals surface area contributed by atoms with Crippen molar-refractivity contribution in [2.75, 3.05) is 44.8 Å². The van der Waals surface area contributed by atoms with Crippen molar-refractivity contribution in [2.24, 2.45) is 0 Å². The number of nitrogens with zero attached hydrogens (tertiary/aromatic N) is 2. The fraction of sp³-hybridized carbons (Fsp3) is 0.250. The third kappa shape index (κ3) is 5.69. The molecule has 180 valence electrons. The molecule has 7 heteroatoms. The Morgan fingerprint density at radius 2 is 1.43 bits per heavy atom. The van der Waals surface area contributed by atoms with E-state index in [-0.39, 0.29) is 29.4 Å². The summed E-state index contributed by atoms with van der Waals surface area (Å²) in [5.74, 6) is -0.411. The molecule has 0 aromatic heterocycles. The summed E-state index contributed by atoms with van der Waals surface area (Å²) in [6, 6.07) is 21.5. The highest BCUT2D eigenvalue weighted by Gasteiger charge is 2.24.